The summed E-state index contributed by atoms with van der Waals surface area (Å²) < 4.78 is 1.97. The van der Waals surface area contributed by atoms with Gasteiger partial charge >= 0.3 is 0 Å². The number of amidine groups is 1. The smallest absolute Gasteiger partial charge is 0.259 e. The van der Waals surface area contributed by atoms with Crippen LogP contribution in [0.4, 0.5) is 11.5 Å². The van der Waals surface area contributed by atoms with Crippen LogP contribution in [-0.4, -0.2) is 38.6 Å². The number of nitrogens with two attached hydrogens (primary N) is 1. The molecule has 0 aliphatic heterocycles. The van der Waals surface area contributed by atoms with Gasteiger partial charge in [-0.25, -0.2) is 9.97 Å². The van der Waals surface area contributed by atoms with E-state index < -0.39 is 0 Å². The second-order valence-electron chi connectivity index (χ2n) is 8.20. The number of amides is 1. The number of nitrogens with one attached hydrogen (secondary N) is 2. The first-order chi connectivity index (χ1) is 17.4. The Balaban J connectivity index is 1.56. The Hall–Kier alpha value is -4.79. The van der Waals surface area contributed by atoms with E-state index in [1.54, 1.807) is 48.7 Å². The van der Waals surface area contributed by atoms with E-state index in [4.69, 9.17) is 16.1 Å². The molecule has 4 aromatic rings. The number of carbonyl (C=O) groups is 2. The van der Waals surface area contributed by atoms with Gasteiger partial charge < -0.3 is 15.6 Å². The van der Waals surface area contributed by atoms with Gasteiger partial charge in [0.2, 0.25) is 0 Å². The Kier molecular flexibility index (Phi) is 7.20. The summed E-state index contributed by atoms with van der Waals surface area (Å²) in [6.07, 6.45) is 3.02. The van der Waals surface area contributed by atoms with Gasteiger partial charge in [-0.15, -0.1) is 0 Å². The highest BCUT2D eigenvalue weighted by Crippen LogP contribution is 2.21. The summed E-state index contributed by atoms with van der Waals surface area (Å²) in [5.74, 6) is 0.890. The number of anilines is 2. The number of hydrogen-bond donors (Lipinski definition) is 3. The molecule has 0 aliphatic rings. The molecule has 0 spiro atoms. The zero-order chi connectivity index (χ0) is 25.7. The number of imidazole rings is 1. The number of hydrogen-bond acceptors (Lipinski definition) is 6. The molecule has 2 heterocycles. The number of rotatable bonds is 10. The molecule has 2 aromatic heterocycles. The molecule has 182 valence electrons. The SMILES string of the molecule is C=CC(=O)CCN(C(=O)c1ccc2c(c1)nc(CNc1ccc(C(=N)N)cc1)n2C)c1ccccn1. The van der Waals surface area contributed by atoms with Crippen LogP contribution in [0.25, 0.3) is 11.0 Å². The summed E-state index contributed by atoms with van der Waals surface area (Å²) in [6.45, 7) is 4.17. The molecule has 4 N–H and O–H groups in total. The fraction of sp³-hybridized carbons (Fsp3) is 0.148. The molecule has 0 fully saturated rings. The lowest BCUT2D eigenvalue weighted by atomic mass is 10.1. The molecule has 9 nitrogen and oxygen atoms in total. The zero-order valence-corrected chi connectivity index (χ0v) is 19.9. The van der Waals surface area contributed by atoms with Gasteiger partial charge in [0.15, 0.2) is 5.78 Å². The maximum atomic E-state index is 13.4. The molecule has 0 unspecified atom stereocenters. The zero-order valence-electron chi connectivity index (χ0n) is 19.9. The third kappa shape index (κ3) is 5.30. The number of ketones is 1. The number of carbonyl (C=O) groups excluding carboxylic acids is 2. The fourth-order valence-corrected chi connectivity index (χ4v) is 3.80. The van der Waals surface area contributed by atoms with Crippen molar-refractivity contribution in [2.24, 2.45) is 12.8 Å². The number of nitrogen functional groups attached to an aromatic ring is 1. The van der Waals surface area contributed by atoms with E-state index in [0.717, 1.165) is 17.0 Å². The number of fused-ring (bicyclic) bond motifs is 1. The molecule has 0 aliphatic carbocycles. The van der Waals surface area contributed by atoms with Gasteiger partial charge in [-0.1, -0.05) is 12.6 Å². The van der Waals surface area contributed by atoms with Crippen molar-refractivity contribution < 1.29 is 9.59 Å². The minimum absolute atomic E-state index is 0.0242. The van der Waals surface area contributed by atoms with Crippen LogP contribution in [0.5, 0.6) is 0 Å². The van der Waals surface area contributed by atoms with Crippen LogP contribution < -0.4 is 16.0 Å². The maximum absolute atomic E-state index is 13.4. The van der Waals surface area contributed by atoms with Crippen LogP contribution in [0.15, 0.2) is 79.5 Å². The molecule has 0 saturated heterocycles. The standard InChI is InChI=1S/C27H27N7O2/c1-3-21(35)13-15-34(24-6-4-5-14-30-24)27(36)19-9-12-23-22(16-19)32-25(33(23)2)17-31-20-10-7-18(8-11-20)26(28)29/h3-12,14,16,31H,1,13,15,17H2,2H3,(H3,28,29). The predicted molar refractivity (Wildman–Crippen MR) is 141 cm³/mol. The monoisotopic (exact) mass is 481 g/mol. The van der Waals surface area contributed by atoms with Crippen molar-refractivity contribution in [3.05, 3.63) is 96.5 Å². The minimum Gasteiger partial charge on any atom is -0.384 e. The number of aromatic nitrogens is 3. The lowest BCUT2D eigenvalue weighted by molar-refractivity contribution is -0.114. The van der Waals surface area contributed by atoms with E-state index in [1.165, 1.54) is 11.0 Å². The average molecular weight is 482 g/mol. The first-order valence-electron chi connectivity index (χ1n) is 11.4. The van der Waals surface area contributed by atoms with Gasteiger partial charge in [-0.3, -0.25) is 19.9 Å². The van der Waals surface area contributed by atoms with Crippen LogP contribution in [0, 0.1) is 5.41 Å². The number of allylic oxidation sites excluding steroid dienone is 1. The highest BCUT2D eigenvalue weighted by atomic mass is 16.2. The molecule has 1 amide bonds. The lowest BCUT2D eigenvalue weighted by Crippen LogP contribution is -2.33. The molecule has 9 heteroatoms. The summed E-state index contributed by atoms with van der Waals surface area (Å²) in [5.41, 5.74) is 9.09. The van der Waals surface area contributed by atoms with Gasteiger partial charge in [0.25, 0.3) is 5.91 Å². The highest BCUT2D eigenvalue weighted by molar-refractivity contribution is 6.07. The quantitative estimate of drug-likeness (QED) is 0.180. The number of pyridine rings is 1. The average Bonchev–Trinajstić information content (AvgIpc) is 3.22. The second kappa shape index (κ2) is 10.6. The van der Waals surface area contributed by atoms with Crippen molar-refractivity contribution in [2.45, 2.75) is 13.0 Å². The summed E-state index contributed by atoms with van der Waals surface area (Å²) in [4.78, 5) is 35.8. The molecule has 36 heavy (non-hydrogen) atoms. The maximum Gasteiger partial charge on any atom is 0.259 e. The van der Waals surface area contributed by atoms with E-state index in [-0.39, 0.29) is 30.5 Å². The van der Waals surface area contributed by atoms with Gasteiger partial charge in [0.05, 0.1) is 17.6 Å². The van der Waals surface area contributed by atoms with Crippen LogP contribution >= 0.6 is 0 Å². The van der Waals surface area contributed by atoms with Gasteiger partial charge in [-0.05, 0) is 60.7 Å². The van der Waals surface area contributed by atoms with E-state index in [0.29, 0.717) is 29.0 Å². The third-order valence-corrected chi connectivity index (χ3v) is 5.85. The summed E-state index contributed by atoms with van der Waals surface area (Å²) >= 11 is 0. The lowest BCUT2D eigenvalue weighted by Gasteiger charge is -2.21. The molecule has 0 bridgehead atoms. The molecule has 0 radical (unpaired) electrons. The van der Waals surface area contributed by atoms with E-state index in [9.17, 15) is 9.59 Å². The Labute approximate surface area is 208 Å². The normalized spacial score (nSPS) is 10.7. The molecule has 4 rings (SSSR count). The van der Waals surface area contributed by atoms with Gasteiger partial charge in [0.1, 0.15) is 17.5 Å². The third-order valence-electron chi connectivity index (χ3n) is 5.85. The molecular formula is C27H27N7O2. The van der Waals surface area contributed by atoms with Gasteiger partial charge in [-0.2, -0.15) is 0 Å². The van der Waals surface area contributed by atoms with Crippen molar-refractivity contribution >= 4 is 40.1 Å². The predicted octanol–water partition coefficient (Wildman–Crippen LogP) is 3.66. The Morgan fingerprint density at radius 1 is 1.14 bits per heavy atom. The Morgan fingerprint density at radius 2 is 1.89 bits per heavy atom. The summed E-state index contributed by atoms with van der Waals surface area (Å²) in [6, 6.07) is 18.0. The number of aryl methyl sites for hydroxylation is 1. The van der Waals surface area contributed by atoms with Crippen molar-refractivity contribution in [2.75, 3.05) is 16.8 Å². The number of benzene rings is 2. The van der Waals surface area contributed by atoms with Crippen molar-refractivity contribution in [3.8, 4) is 0 Å². The largest absolute Gasteiger partial charge is 0.384 e. The highest BCUT2D eigenvalue weighted by Gasteiger charge is 2.20. The van der Waals surface area contributed by atoms with Crippen molar-refractivity contribution in [1.29, 1.82) is 5.41 Å². The fourth-order valence-electron chi connectivity index (χ4n) is 3.80. The van der Waals surface area contributed by atoms with E-state index in [1.807, 2.05) is 29.8 Å². The minimum atomic E-state index is -0.261. The summed E-state index contributed by atoms with van der Waals surface area (Å²) in [7, 11) is 1.92. The van der Waals surface area contributed by atoms with E-state index >= 15 is 0 Å². The Morgan fingerprint density at radius 3 is 2.56 bits per heavy atom. The first kappa shape index (κ1) is 24.3. The first-order valence-corrected chi connectivity index (χ1v) is 11.4. The van der Waals surface area contributed by atoms with Crippen LogP contribution in [-0.2, 0) is 18.4 Å². The van der Waals surface area contributed by atoms with Gasteiger partial charge in [0, 0.05) is 43.0 Å². The molecule has 0 saturated carbocycles. The molecular weight excluding hydrogens is 454 g/mol. The number of nitrogens with zero attached hydrogens (tertiary/aromatic N) is 4. The van der Waals surface area contributed by atoms with Crippen LogP contribution in [0.1, 0.15) is 28.2 Å². The topological polar surface area (TPSA) is 130 Å². The van der Waals surface area contributed by atoms with Crippen molar-refractivity contribution in [3.63, 3.8) is 0 Å². The molecule has 2 aromatic carbocycles. The molecule has 0 atom stereocenters. The van der Waals surface area contributed by atoms with Crippen LogP contribution in [0.2, 0.25) is 0 Å². The Bertz CT molecular complexity index is 1430. The van der Waals surface area contributed by atoms with Crippen LogP contribution in [0.3, 0.4) is 0 Å². The van der Waals surface area contributed by atoms with Crippen molar-refractivity contribution in [1.82, 2.24) is 14.5 Å². The van der Waals surface area contributed by atoms with E-state index in [2.05, 4.69) is 16.9 Å². The summed E-state index contributed by atoms with van der Waals surface area (Å²) in [5, 5.41) is 10.8. The second-order valence-corrected chi connectivity index (χ2v) is 8.20.